The van der Waals surface area contributed by atoms with Crippen LogP contribution in [0.25, 0.3) is 0 Å². The zero-order valence-corrected chi connectivity index (χ0v) is 19.2. The minimum atomic E-state index is -0.170. The van der Waals surface area contributed by atoms with Gasteiger partial charge in [0, 0.05) is 34.6 Å². The molecule has 1 amide bonds. The molecule has 1 aliphatic carbocycles. The van der Waals surface area contributed by atoms with Crippen LogP contribution < -0.4 is 15.4 Å². The van der Waals surface area contributed by atoms with Crippen molar-refractivity contribution in [3.8, 4) is 5.75 Å². The van der Waals surface area contributed by atoms with Gasteiger partial charge in [-0.1, -0.05) is 27.7 Å². The maximum Gasteiger partial charge on any atom is 0.255 e. The lowest BCUT2D eigenvalue weighted by molar-refractivity contribution is -0.114. The topological polar surface area (TPSA) is 67.4 Å². The monoisotopic (exact) mass is 410 g/mol. The number of anilines is 2. The lowest BCUT2D eigenvalue weighted by Gasteiger charge is -2.13. The van der Waals surface area contributed by atoms with E-state index in [1.165, 1.54) is 0 Å². The molecule has 3 rings (SSSR count). The number of rotatable bonds is 5. The van der Waals surface area contributed by atoms with Gasteiger partial charge in [0.15, 0.2) is 5.78 Å². The van der Waals surface area contributed by atoms with E-state index in [1.54, 1.807) is 37.4 Å². The van der Waals surface area contributed by atoms with Gasteiger partial charge in [-0.25, -0.2) is 0 Å². The first kappa shape index (κ1) is 25.0. The normalized spacial score (nSPS) is 12.3. The summed E-state index contributed by atoms with van der Waals surface area (Å²) in [6.07, 6.45) is 1.30. The minimum Gasteiger partial charge on any atom is -0.497 e. The molecule has 0 aliphatic heterocycles. The van der Waals surface area contributed by atoms with Crippen molar-refractivity contribution in [2.75, 3.05) is 17.7 Å². The van der Waals surface area contributed by atoms with Gasteiger partial charge in [0.05, 0.1) is 7.11 Å². The fourth-order valence-electron chi connectivity index (χ4n) is 2.92. The van der Waals surface area contributed by atoms with Gasteiger partial charge in [0.1, 0.15) is 5.75 Å². The van der Waals surface area contributed by atoms with E-state index in [1.807, 2.05) is 53.7 Å². The third kappa shape index (κ3) is 6.48. The van der Waals surface area contributed by atoms with Gasteiger partial charge in [0.25, 0.3) is 5.91 Å². The highest BCUT2D eigenvalue weighted by molar-refractivity contribution is 6.04. The molecule has 0 fully saturated rings. The van der Waals surface area contributed by atoms with Gasteiger partial charge in [0.2, 0.25) is 0 Å². The smallest absolute Gasteiger partial charge is 0.255 e. The Bertz CT molecular complexity index is 884. The number of benzene rings is 2. The number of aryl methyl sites for hydroxylation is 1. The molecule has 0 spiro atoms. The number of Topliss-reactive ketones (excluding diaryl/α,β-unsaturated/α-hetero) is 1. The molecule has 30 heavy (non-hydrogen) atoms. The molecule has 0 radical (unpaired) electrons. The zero-order valence-electron chi connectivity index (χ0n) is 19.2. The van der Waals surface area contributed by atoms with E-state index in [-0.39, 0.29) is 11.7 Å². The van der Waals surface area contributed by atoms with Crippen LogP contribution in [-0.4, -0.2) is 18.8 Å². The Kier molecular flexibility index (Phi) is 10.4. The number of nitrogens with one attached hydrogen (secondary N) is 2. The summed E-state index contributed by atoms with van der Waals surface area (Å²) in [6, 6.07) is 12.7. The second-order valence-electron chi connectivity index (χ2n) is 6.36. The Morgan fingerprint density at radius 1 is 0.933 bits per heavy atom. The molecule has 0 aromatic heterocycles. The van der Waals surface area contributed by atoms with Crippen LogP contribution in [0.3, 0.4) is 0 Å². The predicted molar refractivity (Wildman–Crippen MR) is 125 cm³/mol. The summed E-state index contributed by atoms with van der Waals surface area (Å²) >= 11 is 0. The van der Waals surface area contributed by atoms with Gasteiger partial charge in [-0.15, -0.1) is 0 Å². The molecule has 2 N–H and O–H groups in total. The van der Waals surface area contributed by atoms with Crippen LogP contribution in [0.1, 0.15) is 63.4 Å². The van der Waals surface area contributed by atoms with Crippen molar-refractivity contribution < 1.29 is 14.3 Å². The maximum atomic E-state index is 12.5. The van der Waals surface area contributed by atoms with Crippen molar-refractivity contribution >= 4 is 23.1 Å². The maximum absolute atomic E-state index is 12.5. The highest BCUT2D eigenvalue weighted by Gasteiger charge is 2.19. The Morgan fingerprint density at radius 3 is 2.07 bits per heavy atom. The Hall–Kier alpha value is -3.08. The van der Waals surface area contributed by atoms with Crippen molar-refractivity contribution in [2.24, 2.45) is 0 Å². The quantitative estimate of drug-likeness (QED) is 0.602. The second-order valence-corrected chi connectivity index (χ2v) is 6.36. The molecule has 2 aromatic carbocycles. The Labute approximate surface area is 180 Å². The van der Waals surface area contributed by atoms with E-state index >= 15 is 0 Å². The molecule has 0 bridgehead atoms. The van der Waals surface area contributed by atoms with Crippen LogP contribution in [0.2, 0.25) is 0 Å². The number of ether oxygens (including phenoxy) is 1. The van der Waals surface area contributed by atoms with E-state index in [0.29, 0.717) is 17.7 Å². The van der Waals surface area contributed by atoms with Crippen LogP contribution in [0, 0.1) is 6.92 Å². The summed E-state index contributed by atoms with van der Waals surface area (Å²) in [4.78, 5) is 24.1. The molecule has 0 saturated heterocycles. The molecule has 162 valence electrons. The summed E-state index contributed by atoms with van der Waals surface area (Å²) in [6.45, 7) is 11.8. The molecule has 0 heterocycles. The van der Waals surface area contributed by atoms with Crippen molar-refractivity contribution in [3.63, 3.8) is 0 Å². The Balaban J connectivity index is 0.00000106. The van der Waals surface area contributed by atoms with Gasteiger partial charge < -0.3 is 15.4 Å². The lowest BCUT2D eigenvalue weighted by atomic mass is 10.1. The molecule has 0 atom stereocenters. The summed E-state index contributed by atoms with van der Waals surface area (Å²) in [7, 11) is 1.60. The number of carbonyl (C=O) groups is 2. The molecular weight excluding hydrogens is 376 g/mol. The molecule has 5 heteroatoms. The number of methoxy groups -OCH3 is 1. The van der Waals surface area contributed by atoms with E-state index in [9.17, 15) is 9.59 Å². The van der Waals surface area contributed by atoms with E-state index < -0.39 is 0 Å². The SMILES string of the molecule is CC.CC.COc1ccc(NC(=O)c2ccc(NC3=C(C)C(=O)CC3)c(C)c2)cc1. The zero-order chi connectivity index (χ0) is 22.7. The number of amides is 1. The molecule has 5 nitrogen and oxygen atoms in total. The lowest BCUT2D eigenvalue weighted by Crippen LogP contribution is -2.12. The van der Waals surface area contributed by atoms with Crippen molar-refractivity contribution in [1.29, 1.82) is 0 Å². The summed E-state index contributed by atoms with van der Waals surface area (Å²) in [5, 5.41) is 6.20. The average Bonchev–Trinajstić information content (AvgIpc) is 3.10. The largest absolute Gasteiger partial charge is 0.497 e. The molecule has 2 aromatic rings. The third-order valence-corrected chi connectivity index (χ3v) is 4.60. The first-order valence-electron chi connectivity index (χ1n) is 10.5. The van der Waals surface area contributed by atoms with Crippen LogP contribution in [0.5, 0.6) is 5.75 Å². The van der Waals surface area contributed by atoms with Crippen LogP contribution >= 0.6 is 0 Å². The van der Waals surface area contributed by atoms with E-state index in [2.05, 4.69) is 10.6 Å². The van der Waals surface area contributed by atoms with Gasteiger partial charge in [-0.2, -0.15) is 0 Å². The van der Waals surface area contributed by atoms with Crippen molar-refractivity contribution in [1.82, 2.24) is 0 Å². The van der Waals surface area contributed by atoms with Gasteiger partial charge in [-0.05, 0) is 68.3 Å². The minimum absolute atomic E-state index is 0.170. The highest BCUT2D eigenvalue weighted by Crippen LogP contribution is 2.26. The number of carbonyl (C=O) groups excluding carboxylic acids is 2. The average molecular weight is 411 g/mol. The van der Waals surface area contributed by atoms with E-state index in [4.69, 9.17) is 4.74 Å². The Morgan fingerprint density at radius 2 is 1.57 bits per heavy atom. The van der Waals surface area contributed by atoms with Crippen molar-refractivity contribution in [3.05, 3.63) is 64.9 Å². The fraction of sp³-hybridized carbons (Fsp3) is 0.360. The van der Waals surface area contributed by atoms with Crippen LogP contribution in [0.4, 0.5) is 11.4 Å². The summed E-state index contributed by atoms with van der Waals surface area (Å²) in [5.41, 5.74) is 4.92. The summed E-state index contributed by atoms with van der Waals surface area (Å²) in [5.74, 6) is 0.765. The third-order valence-electron chi connectivity index (χ3n) is 4.60. The van der Waals surface area contributed by atoms with E-state index in [0.717, 1.165) is 34.7 Å². The number of hydrogen-bond acceptors (Lipinski definition) is 4. The number of hydrogen-bond donors (Lipinski definition) is 2. The molecular formula is C25H34N2O3. The highest BCUT2D eigenvalue weighted by atomic mass is 16.5. The number of allylic oxidation sites excluding steroid dienone is 2. The van der Waals surface area contributed by atoms with Crippen molar-refractivity contribution in [2.45, 2.75) is 54.4 Å². The van der Waals surface area contributed by atoms with Gasteiger partial charge >= 0.3 is 0 Å². The van der Waals surface area contributed by atoms with Crippen LogP contribution in [0.15, 0.2) is 53.7 Å². The standard InChI is InChI=1S/C21H22N2O3.2C2H6/c1-13-12-15(21(25)22-16-5-7-17(26-3)8-6-16)4-9-18(13)23-19-10-11-20(24)14(19)2;2*1-2/h4-9,12,23H,10-11H2,1-3H3,(H,22,25);2*1-2H3. The first-order chi connectivity index (χ1) is 14.5. The fourth-order valence-corrected chi connectivity index (χ4v) is 2.92. The second kappa shape index (κ2) is 12.5. The van der Waals surface area contributed by atoms with Gasteiger partial charge in [-0.3, -0.25) is 9.59 Å². The summed E-state index contributed by atoms with van der Waals surface area (Å²) < 4.78 is 5.11. The predicted octanol–water partition coefficient (Wildman–Crippen LogP) is 6.36. The molecule has 0 unspecified atom stereocenters. The van der Waals surface area contributed by atoms with Crippen LogP contribution in [-0.2, 0) is 4.79 Å². The molecule has 1 aliphatic rings. The molecule has 0 saturated carbocycles. The first-order valence-corrected chi connectivity index (χ1v) is 10.5. The number of ketones is 1.